The third-order valence-corrected chi connectivity index (χ3v) is 1.50. The molecule has 0 saturated heterocycles. The summed E-state index contributed by atoms with van der Waals surface area (Å²) < 4.78 is 4.64. The van der Waals surface area contributed by atoms with E-state index in [1.165, 1.54) is 5.56 Å². The van der Waals surface area contributed by atoms with Crippen LogP contribution in [0.15, 0.2) is 42.5 Å². The van der Waals surface area contributed by atoms with E-state index in [-0.39, 0.29) is 0 Å². The van der Waals surface area contributed by atoms with Gasteiger partial charge >= 0.3 is 0 Å². The maximum absolute atomic E-state index is 4.64. The molecule has 0 bridgehead atoms. The Bertz CT molecular complexity index is 260. The molecule has 0 fully saturated rings. The summed E-state index contributed by atoms with van der Waals surface area (Å²) in [5, 5.41) is 0. The number of rotatable bonds is 3. The second-order valence-corrected chi connectivity index (χ2v) is 2.41. The van der Waals surface area contributed by atoms with Crippen LogP contribution < -0.4 is 0 Å². The zero-order valence-electron chi connectivity index (χ0n) is 7.16. The van der Waals surface area contributed by atoms with Crippen molar-refractivity contribution in [2.24, 2.45) is 0 Å². The second-order valence-electron chi connectivity index (χ2n) is 2.41. The lowest BCUT2D eigenvalue weighted by atomic mass is 10.1. The molecule has 0 amide bonds. The Morgan fingerprint density at radius 1 is 1.33 bits per heavy atom. The van der Waals surface area contributed by atoms with Crippen molar-refractivity contribution in [2.75, 3.05) is 7.11 Å². The van der Waals surface area contributed by atoms with Crippen LogP contribution in [0.25, 0.3) is 0 Å². The highest BCUT2D eigenvalue weighted by molar-refractivity contribution is 5.66. The highest BCUT2D eigenvalue weighted by Gasteiger charge is 1.80. The molecule has 0 aliphatic heterocycles. The Balaban J connectivity index is 2.43. The van der Waals surface area contributed by atoms with Gasteiger partial charge in [0, 0.05) is 0 Å². The molecule has 1 heteroatoms. The lowest BCUT2D eigenvalue weighted by Crippen LogP contribution is -1.78. The Hall–Kier alpha value is -1.37. The fourth-order valence-electron chi connectivity index (χ4n) is 0.925. The van der Waals surface area contributed by atoms with Gasteiger partial charge in [0.25, 0.3) is 0 Å². The van der Waals surface area contributed by atoms with Crippen LogP contribution in [-0.4, -0.2) is 13.4 Å². The highest BCUT2D eigenvalue weighted by atomic mass is 16.4. The first-order valence-electron chi connectivity index (χ1n) is 3.91. The second kappa shape index (κ2) is 5.30. The summed E-state index contributed by atoms with van der Waals surface area (Å²) in [5.41, 5.74) is 1.30. The van der Waals surface area contributed by atoms with E-state index >= 15 is 0 Å². The third kappa shape index (κ3) is 3.15. The van der Waals surface area contributed by atoms with Gasteiger partial charge in [-0.15, -0.1) is 6.08 Å². The molecule has 0 radical (unpaired) electrons. The van der Waals surface area contributed by atoms with Gasteiger partial charge in [0.15, 0.2) is 0 Å². The molecule has 0 saturated carbocycles. The van der Waals surface area contributed by atoms with Gasteiger partial charge in [0.05, 0.1) is 0 Å². The number of hydrogen-bond acceptors (Lipinski definition) is 0. The summed E-state index contributed by atoms with van der Waals surface area (Å²) in [6.45, 7) is 0. The molecule has 62 valence electrons. The summed E-state index contributed by atoms with van der Waals surface area (Å²) in [5.74, 6) is 0. The molecule has 0 spiro atoms. The van der Waals surface area contributed by atoms with Gasteiger partial charge in [-0.3, -0.25) is 0 Å². The molecule has 0 N–H and O–H groups in total. The van der Waals surface area contributed by atoms with E-state index in [0.29, 0.717) is 0 Å². The molecule has 0 atom stereocenters. The third-order valence-electron chi connectivity index (χ3n) is 1.50. The van der Waals surface area contributed by atoms with Gasteiger partial charge < -0.3 is 4.42 Å². The van der Waals surface area contributed by atoms with Crippen LogP contribution in [0, 0.1) is 0 Å². The Morgan fingerprint density at radius 2 is 2.08 bits per heavy atom. The van der Waals surface area contributed by atoms with Crippen molar-refractivity contribution >= 4 is 6.29 Å². The molecule has 0 aliphatic carbocycles. The van der Waals surface area contributed by atoms with Crippen molar-refractivity contribution in [2.45, 2.75) is 6.42 Å². The van der Waals surface area contributed by atoms with Crippen LogP contribution in [0.3, 0.4) is 0 Å². The van der Waals surface area contributed by atoms with Crippen molar-refractivity contribution < 1.29 is 4.42 Å². The van der Waals surface area contributed by atoms with Crippen molar-refractivity contribution in [3.05, 3.63) is 48.0 Å². The molecule has 0 aromatic heterocycles. The monoisotopic (exact) mass is 160 g/mol. The largest absolute Gasteiger partial charge is 0.355 e. The number of allylic oxidation sites excluding steroid dienone is 2. The van der Waals surface area contributed by atoms with Crippen LogP contribution in [0.1, 0.15) is 5.56 Å². The predicted octanol–water partition coefficient (Wildman–Crippen LogP) is 2.06. The van der Waals surface area contributed by atoms with Crippen LogP contribution in [0.5, 0.6) is 0 Å². The van der Waals surface area contributed by atoms with E-state index in [0.717, 1.165) is 6.42 Å². The average molecular weight is 160 g/mol. The number of carbonyl (C=O) groups excluding carboxylic acids is 1. The molecular weight excluding hydrogens is 148 g/mol. The van der Waals surface area contributed by atoms with Gasteiger partial charge in [0.1, 0.15) is 0 Å². The molecule has 0 aliphatic rings. The summed E-state index contributed by atoms with van der Waals surface area (Å²) in [7, 11) is 1.59. The Labute approximate surface area is 73.0 Å². The summed E-state index contributed by atoms with van der Waals surface area (Å²) in [6, 6.07) is 10.3. The summed E-state index contributed by atoms with van der Waals surface area (Å²) in [6.07, 6.45) is 7.36. The van der Waals surface area contributed by atoms with Crippen LogP contribution >= 0.6 is 0 Å². The van der Waals surface area contributed by atoms with Crippen LogP contribution in [-0.2, 0) is 10.8 Å². The van der Waals surface area contributed by atoms with Gasteiger partial charge in [-0.05, 0) is 0 Å². The summed E-state index contributed by atoms with van der Waals surface area (Å²) >= 11 is 0. The molecule has 1 nitrogen and oxygen atoms in total. The minimum atomic E-state index is 0.928. The van der Waals surface area contributed by atoms with Gasteiger partial charge in [-0.1, -0.05) is 42.3 Å². The molecule has 0 heterocycles. The van der Waals surface area contributed by atoms with E-state index in [2.05, 4.69) is 22.8 Å². The van der Waals surface area contributed by atoms with Gasteiger partial charge in [0.2, 0.25) is 13.4 Å². The molecule has 1 aromatic carbocycles. The van der Waals surface area contributed by atoms with E-state index in [1.54, 1.807) is 13.2 Å². The molecule has 1 aromatic rings. The van der Waals surface area contributed by atoms with Crippen LogP contribution in [0.4, 0.5) is 0 Å². The number of hydrogen-bond donors (Lipinski definition) is 0. The van der Waals surface area contributed by atoms with E-state index < -0.39 is 0 Å². The first kappa shape index (κ1) is 8.72. The highest BCUT2D eigenvalue weighted by Crippen LogP contribution is 1.99. The van der Waals surface area contributed by atoms with Crippen LogP contribution in [0.2, 0.25) is 0 Å². The van der Waals surface area contributed by atoms with E-state index in [1.807, 2.05) is 24.3 Å². The lowest BCUT2D eigenvalue weighted by molar-refractivity contribution is 0.186. The summed E-state index contributed by atoms with van der Waals surface area (Å²) in [4.78, 5) is 0. The smallest absolute Gasteiger partial charge is 0.229 e. The van der Waals surface area contributed by atoms with Crippen molar-refractivity contribution in [1.29, 1.82) is 0 Å². The van der Waals surface area contributed by atoms with Gasteiger partial charge in [-0.2, -0.15) is 0 Å². The molecule has 1 rings (SSSR count). The maximum Gasteiger partial charge on any atom is 0.229 e. The zero-order chi connectivity index (χ0) is 8.65. The standard InChI is InChI=1S/C11H12O/c1-12-10-6-5-9-11-7-3-2-4-8-11/h2-8H,9H2,1H3/b6-5+. The average Bonchev–Trinajstić information content (AvgIpc) is 2.14. The topological polar surface area (TPSA) is 11.3 Å². The fraction of sp³-hybridized carbons (Fsp3) is 0.182. The predicted molar refractivity (Wildman–Crippen MR) is 50.9 cm³/mol. The maximum atomic E-state index is 4.64. The molecule has 0 unspecified atom stereocenters. The first-order valence-corrected chi connectivity index (χ1v) is 3.91. The normalized spacial score (nSPS) is 11.4. The minimum Gasteiger partial charge on any atom is -0.355 e. The fourth-order valence-corrected chi connectivity index (χ4v) is 0.925. The lowest BCUT2D eigenvalue weighted by Gasteiger charge is -1.95. The SMILES string of the molecule is C[O+]=[C-]/C=C/Cc1ccccc1. The van der Waals surface area contributed by atoms with E-state index in [4.69, 9.17) is 0 Å². The first-order chi connectivity index (χ1) is 5.93. The molecule has 12 heavy (non-hydrogen) atoms. The Kier molecular flexibility index (Phi) is 3.86. The van der Waals surface area contributed by atoms with Crippen molar-refractivity contribution in [3.63, 3.8) is 0 Å². The Morgan fingerprint density at radius 3 is 2.75 bits per heavy atom. The van der Waals surface area contributed by atoms with Gasteiger partial charge in [-0.25, -0.2) is 6.08 Å². The zero-order valence-corrected chi connectivity index (χ0v) is 7.16. The van der Waals surface area contributed by atoms with Crippen molar-refractivity contribution in [1.82, 2.24) is 0 Å². The molecular formula is C11H12O. The number of benzene rings is 1. The van der Waals surface area contributed by atoms with E-state index in [9.17, 15) is 0 Å². The quantitative estimate of drug-likeness (QED) is 0.364. The minimum absolute atomic E-state index is 0.928. The van der Waals surface area contributed by atoms with Crippen molar-refractivity contribution in [3.8, 4) is 0 Å².